The number of H-pyrrole nitrogens is 1. The second-order valence-electron chi connectivity index (χ2n) is 7.24. The molecule has 1 N–H and O–H groups in total. The average molecular weight is 375 g/mol. The number of nitrogens with one attached hydrogen (secondary N) is 1. The molecule has 3 atom stereocenters. The zero-order valence-electron chi connectivity index (χ0n) is 16.0. The number of hydrogen-bond donors (Lipinski definition) is 1. The van der Waals surface area contributed by atoms with Crippen LogP contribution in [-0.2, 0) is 0 Å². The quantitative estimate of drug-likeness (QED) is 0.753. The Balaban J connectivity index is 1.46. The Bertz CT molecular complexity index is 1120. The third-order valence-electron chi connectivity index (χ3n) is 5.47. The summed E-state index contributed by atoms with van der Waals surface area (Å²) in [7, 11) is 0. The lowest BCUT2D eigenvalue weighted by molar-refractivity contribution is -0.0596. The summed E-state index contributed by atoms with van der Waals surface area (Å²) >= 11 is 0. The van der Waals surface area contributed by atoms with E-state index in [0.29, 0.717) is 17.0 Å². The van der Waals surface area contributed by atoms with E-state index < -0.39 is 0 Å². The molecule has 7 heteroatoms. The summed E-state index contributed by atoms with van der Waals surface area (Å²) < 4.78 is 6.00. The van der Waals surface area contributed by atoms with E-state index in [1.54, 1.807) is 25.3 Å². The van der Waals surface area contributed by atoms with E-state index >= 15 is 0 Å². The van der Waals surface area contributed by atoms with Gasteiger partial charge in [0.05, 0.1) is 17.2 Å². The van der Waals surface area contributed by atoms with Crippen molar-refractivity contribution < 1.29 is 4.74 Å². The summed E-state index contributed by atoms with van der Waals surface area (Å²) in [4.78, 5) is 25.7. The first kappa shape index (κ1) is 18.1. The molecule has 1 aliphatic heterocycles. The normalized spacial score (nSPS) is 20.4. The molecule has 0 spiro atoms. The van der Waals surface area contributed by atoms with Crippen molar-refractivity contribution in [3.63, 3.8) is 0 Å². The predicted molar refractivity (Wildman–Crippen MR) is 105 cm³/mol. The lowest BCUT2D eigenvalue weighted by Gasteiger charge is -2.49. The van der Waals surface area contributed by atoms with Gasteiger partial charge in [0.1, 0.15) is 23.6 Å². The van der Waals surface area contributed by atoms with Crippen LogP contribution in [0.25, 0.3) is 11.0 Å². The van der Waals surface area contributed by atoms with E-state index in [9.17, 15) is 4.79 Å². The summed E-state index contributed by atoms with van der Waals surface area (Å²) in [5.74, 6) is 0.670. The van der Waals surface area contributed by atoms with Crippen molar-refractivity contribution >= 4 is 11.0 Å². The molecule has 0 aliphatic carbocycles. The monoisotopic (exact) mass is 375 g/mol. The predicted octanol–water partition coefficient (Wildman–Crippen LogP) is 2.71. The third kappa shape index (κ3) is 3.23. The van der Waals surface area contributed by atoms with Crippen molar-refractivity contribution in [1.29, 1.82) is 5.26 Å². The Labute approximate surface area is 162 Å². The second-order valence-corrected chi connectivity index (χ2v) is 7.24. The summed E-state index contributed by atoms with van der Waals surface area (Å²) in [5, 5.41) is 8.82. The molecule has 142 valence electrons. The Hall–Kier alpha value is -3.24. The van der Waals surface area contributed by atoms with Gasteiger partial charge in [0.2, 0.25) is 0 Å². The molecule has 0 radical (unpaired) electrons. The number of pyridine rings is 3. The minimum Gasteiger partial charge on any atom is -0.486 e. The van der Waals surface area contributed by atoms with Crippen molar-refractivity contribution in [3.05, 3.63) is 63.8 Å². The highest BCUT2D eigenvalue weighted by molar-refractivity contribution is 5.74. The smallest absolute Gasteiger partial charge is 0.251 e. The molecule has 0 aromatic carbocycles. The number of aryl methyl sites for hydroxylation is 1. The van der Waals surface area contributed by atoms with Crippen LogP contribution >= 0.6 is 0 Å². The first-order chi connectivity index (χ1) is 13.5. The largest absolute Gasteiger partial charge is 0.486 e. The Kier molecular flexibility index (Phi) is 4.57. The van der Waals surface area contributed by atoms with Gasteiger partial charge in [-0.15, -0.1) is 0 Å². The van der Waals surface area contributed by atoms with Gasteiger partial charge in [-0.3, -0.25) is 14.7 Å². The number of fused-ring (bicyclic) bond motifs is 1. The van der Waals surface area contributed by atoms with E-state index in [1.807, 2.05) is 24.4 Å². The molecule has 0 unspecified atom stereocenters. The van der Waals surface area contributed by atoms with Gasteiger partial charge in [0, 0.05) is 30.4 Å². The van der Waals surface area contributed by atoms with Crippen molar-refractivity contribution in [1.82, 2.24) is 19.9 Å². The topological polar surface area (TPSA) is 94.9 Å². The van der Waals surface area contributed by atoms with Crippen LogP contribution < -0.4 is 10.3 Å². The zero-order valence-corrected chi connectivity index (χ0v) is 16.0. The van der Waals surface area contributed by atoms with E-state index in [2.05, 4.69) is 33.7 Å². The summed E-state index contributed by atoms with van der Waals surface area (Å²) in [5.41, 5.74) is 3.55. The molecule has 3 aromatic rings. The number of nitriles is 1. The first-order valence-corrected chi connectivity index (χ1v) is 9.24. The molecule has 7 nitrogen and oxygen atoms in total. The number of ether oxygens (including phenoxy) is 1. The molecule has 1 saturated heterocycles. The maximum Gasteiger partial charge on any atom is 0.251 e. The highest BCUT2D eigenvalue weighted by atomic mass is 16.5. The lowest BCUT2D eigenvalue weighted by atomic mass is 9.95. The Morgan fingerprint density at radius 1 is 1.32 bits per heavy atom. The number of aromatic nitrogens is 3. The van der Waals surface area contributed by atoms with Gasteiger partial charge in [-0.05, 0) is 50.6 Å². The Morgan fingerprint density at radius 3 is 2.82 bits per heavy atom. The summed E-state index contributed by atoms with van der Waals surface area (Å²) in [6, 6.07) is 9.61. The van der Waals surface area contributed by atoms with Crippen LogP contribution in [0.2, 0.25) is 0 Å². The molecule has 3 aromatic heterocycles. The van der Waals surface area contributed by atoms with Gasteiger partial charge >= 0.3 is 0 Å². The maximum atomic E-state index is 11.9. The van der Waals surface area contributed by atoms with Crippen LogP contribution in [0.3, 0.4) is 0 Å². The number of hydrogen-bond acceptors (Lipinski definition) is 6. The van der Waals surface area contributed by atoms with Gasteiger partial charge < -0.3 is 9.72 Å². The van der Waals surface area contributed by atoms with E-state index in [-0.39, 0.29) is 23.7 Å². The fraction of sp³-hybridized carbons (Fsp3) is 0.333. The van der Waals surface area contributed by atoms with E-state index in [1.165, 1.54) is 0 Å². The second kappa shape index (κ2) is 7.06. The molecule has 4 heterocycles. The fourth-order valence-corrected chi connectivity index (χ4v) is 3.56. The molecular weight excluding hydrogens is 354 g/mol. The number of rotatable bonds is 4. The molecule has 1 aliphatic rings. The molecular formula is C21H21N5O2. The highest BCUT2D eigenvalue weighted by Crippen LogP contribution is 2.33. The highest BCUT2D eigenvalue weighted by Gasteiger charge is 2.40. The van der Waals surface area contributed by atoms with Gasteiger partial charge in [-0.2, -0.15) is 5.26 Å². The van der Waals surface area contributed by atoms with Crippen molar-refractivity contribution in [2.75, 3.05) is 6.54 Å². The number of nitrogens with zero attached hydrogens (tertiary/aromatic N) is 4. The number of likely N-dealkylation sites (tertiary alicyclic amines) is 1. The Morgan fingerprint density at radius 2 is 2.14 bits per heavy atom. The minimum absolute atomic E-state index is 0.0630. The lowest BCUT2D eigenvalue weighted by Crippen LogP contribution is -2.61. The van der Waals surface area contributed by atoms with Crippen LogP contribution in [0.1, 0.15) is 36.7 Å². The van der Waals surface area contributed by atoms with Gasteiger partial charge in [-0.25, -0.2) is 4.98 Å². The minimum atomic E-state index is -0.0825. The first-order valence-electron chi connectivity index (χ1n) is 9.24. The van der Waals surface area contributed by atoms with Crippen molar-refractivity contribution in [2.24, 2.45) is 0 Å². The van der Waals surface area contributed by atoms with Crippen LogP contribution in [0, 0.1) is 18.3 Å². The zero-order chi connectivity index (χ0) is 19.8. The average Bonchev–Trinajstić information content (AvgIpc) is 2.71. The third-order valence-corrected chi connectivity index (χ3v) is 5.47. The van der Waals surface area contributed by atoms with Gasteiger partial charge in [0.25, 0.3) is 5.56 Å². The standard InChI is InChI=1S/C21H21N5O2/c1-12-6-18-19(25-21(12)27)7-15(9-24-18)13(2)26-11-20(14(26)3)28-17-5-4-16(8-22)23-10-17/h4-7,9-10,13-14,20H,11H2,1-3H3,(H,25,27)/t13-,14-,20+/m1/s1. The molecule has 28 heavy (non-hydrogen) atoms. The van der Waals surface area contributed by atoms with Crippen LogP contribution in [-0.4, -0.2) is 38.5 Å². The SMILES string of the molecule is Cc1cc2ncc([C@@H](C)N3C[C@H](Oc4ccc(C#N)nc4)[C@H]3C)cc2[nH]c1=O. The summed E-state index contributed by atoms with van der Waals surface area (Å²) in [6.07, 6.45) is 3.52. The van der Waals surface area contributed by atoms with E-state index in [4.69, 9.17) is 10.00 Å². The maximum absolute atomic E-state index is 11.9. The molecule has 4 rings (SSSR count). The van der Waals surface area contributed by atoms with Crippen molar-refractivity contribution in [3.8, 4) is 11.8 Å². The van der Waals surface area contributed by atoms with Crippen molar-refractivity contribution in [2.45, 2.75) is 39.0 Å². The number of aromatic amines is 1. The van der Waals surface area contributed by atoms with Gasteiger partial charge in [-0.1, -0.05) is 0 Å². The molecule has 1 fully saturated rings. The van der Waals surface area contributed by atoms with E-state index in [0.717, 1.165) is 23.1 Å². The van der Waals surface area contributed by atoms with Gasteiger partial charge in [0.15, 0.2) is 0 Å². The van der Waals surface area contributed by atoms with Crippen LogP contribution in [0.5, 0.6) is 5.75 Å². The molecule has 0 amide bonds. The molecule has 0 saturated carbocycles. The summed E-state index contributed by atoms with van der Waals surface area (Å²) in [6.45, 7) is 6.82. The van der Waals surface area contributed by atoms with Crippen LogP contribution in [0.4, 0.5) is 0 Å². The molecule has 0 bridgehead atoms. The van der Waals surface area contributed by atoms with Crippen LogP contribution in [0.15, 0.2) is 41.5 Å². The fourth-order valence-electron chi connectivity index (χ4n) is 3.56.